The molecule has 0 saturated carbocycles. The lowest BCUT2D eigenvalue weighted by Gasteiger charge is -2.13. The van der Waals surface area contributed by atoms with Crippen molar-refractivity contribution < 1.29 is 9.90 Å². The molecule has 7 heteroatoms. The molecule has 0 saturated heterocycles. The predicted molar refractivity (Wildman–Crippen MR) is 71.8 cm³/mol. The van der Waals surface area contributed by atoms with Crippen LogP contribution >= 0.6 is 0 Å². The summed E-state index contributed by atoms with van der Waals surface area (Å²) >= 11 is 0. The van der Waals surface area contributed by atoms with Gasteiger partial charge in [-0.1, -0.05) is 13.3 Å². The lowest BCUT2D eigenvalue weighted by atomic mass is 10.0. The van der Waals surface area contributed by atoms with E-state index in [2.05, 4.69) is 20.5 Å². The van der Waals surface area contributed by atoms with E-state index in [4.69, 9.17) is 5.11 Å². The molecule has 2 aromatic rings. The summed E-state index contributed by atoms with van der Waals surface area (Å²) < 4.78 is 1.66. The number of carboxylic acid groups (broad SMARTS) is 1. The van der Waals surface area contributed by atoms with Crippen LogP contribution in [0.2, 0.25) is 0 Å². The molecular weight excluding hydrogens is 258 g/mol. The number of aryl methyl sites for hydroxylation is 1. The van der Waals surface area contributed by atoms with Crippen molar-refractivity contribution in [2.24, 2.45) is 5.92 Å². The molecule has 2 aromatic heterocycles. The number of pyridine rings is 1. The molecule has 1 atom stereocenters. The van der Waals surface area contributed by atoms with Gasteiger partial charge in [0.25, 0.3) is 0 Å². The Kier molecular flexibility index (Phi) is 4.39. The summed E-state index contributed by atoms with van der Waals surface area (Å²) in [4.78, 5) is 15.0. The minimum Gasteiger partial charge on any atom is -0.481 e. The molecule has 0 aliphatic heterocycles. The first kappa shape index (κ1) is 14.1. The topological polar surface area (TPSA) is 93.8 Å². The summed E-state index contributed by atoms with van der Waals surface area (Å²) in [6, 6.07) is 3.74. The number of carbonyl (C=O) groups is 1. The van der Waals surface area contributed by atoms with Crippen molar-refractivity contribution in [3.05, 3.63) is 24.0 Å². The summed E-state index contributed by atoms with van der Waals surface area (Å²) in [7, 11) is 0. The molecule has 0 spiro atoms. The van der Waals surface area contributed by atoms with E-state index in [-0.39, 0.29) is 12.3 Å². The van der Waals surface area contributed by atoms with Gasteiger partial charge in [-0.05, 0) is 35.4 Å². The summed E-state index contributed by atoms with van der Waals surface area (Å²) in [5.74, 6) is -0.150. The van der Waals surface area contributed by atoms with Crippen molar-refractivity contribution in [1.29, 1.82) is 0 Å². The average molecular weight is 275 g/mol. The number of tetrazole rings is 1. The third-order valence-electron chi connectivity index (χ3n) is 3.16. The number of carboxylic acids is 1. The quantitative estimate of drug-likeness (QED) is 0.859. The largest absolute Gasteiger partial charge is 0.481 e. The zero-order chi connectivity index (χ0) is 14.5. The van der Waals surface area contributed by atoms with Gasteiger partial charge in [-0.2, -0.15) is 0 Å². The predicted octanol–water partition coefficient (Wildman–Crippen LogP) is 1.54. The van der Waals surface area contributed by atoms with Crippen LogP contribution in [0.15, 0.2) is 18.3 Å². The number of hydrogen-bond acceptors (Lipinski definition) is 5. The van der Waals surface area contributed by atoms with Gasteiger partial charge in [0, 0.05) is 30.4 Å². The highest BCUT2D eigenvalue weighted by atomic mass is 16.4. The Labute approximate surface area is 116 Å². The first-order valence-corrected chi connectivity index (χ1v) is 6.51. The molecule has 0 aliphatic carbocycles. The third-order valence-corrected chi connectivity index (χ3v) is 3.16. The SMILES string of the molecule is CCC(CC(=O)O)Cn1nnnc1-c1ccnc(C)c1. The van der Waals surface area contributed by atoms with E-state index in [1.165, 1.54) is 0 Å². The van der Waals surface area contributed by atoms with Crippen LogP contribution in [0.4, 0.5) is 0 Å². The fourth-order valence-electron chi connectivity index (χ4n) is 2.05. The van der Waals surface area contributed by atoms with Gasteiger partial charge < -0.3 is 5.11 Å². The van der Waals surface area contributed by atoms with Crippen molar-refractivity contribution in [3.63, 3.8) is 0 Å². The van der Waals surface area contributed by atoms with E-state index in [0.29, 0.717) is 12.4 Å². The summed E-state index contributed by atoms with van der Waals surface area (Å²) in [5, 5.41) is 20.6. The van der Waals surface area contributed by atoms with Crippen molar-refractivity contribution in [2.75, 3.05) is 0 Å². The van der Waals surface area contributed by atoms with Gasteiger partial charge in [0.1, 0.15) is 0 Å². The van der Waals surface area contributed by atoms with Gasteiger partial charge in [-0.15, -0.1) is 5.10 Å². The summed E-state index contributed by atoms with van der Waals surface area (Å²) in [6.07, 6.45) is 2.59. The second-order valence-electron chi connectivity index (χ2n) is 4.74. The Morgan fingerprint density at radius 1 is 1.50 bits per heavy atom. The molecule has 1 N–H and O–H groups in total. The maximum atomic E-state index is 10.8. The first-order chi connectivity index (χ1) is 9.60. The van der Waals surface area contributed by atoms with Gasteiger partial charge >= 0.3 is 5.97 Å². The summed E-state index contributed by atoms with van der Waals surface area (Å²) in [5.41, 5.74) is 1.77. The van der Waals surface area contributed by atoms with Gasteiger partial charge in [0.15, 0.2) is 5.82 Å². The minimum atomic E-state index is -0.800. The monoisotopic (exact) mass is 275 g/mol. The smallest absolute Gasteiger partial charge is 0.303 e. The highest BCUT2D eigenvalue weighted by Crippen LogP contribution is 2.18. The standard InChI is InChI=1S/C13H17N5O2/c1-3-10(7-12(19)20)8-18-13(15-16-17-18)11-4-5-14-9(2)6-11/h4-6,10H,3,7-8H2,1-2H3,(H,19,20). The third kappa shape index (κ3) is 3.37. The Hall–Kier alpha value is -2.31. The van der Waals surface area contributed by atoms with E-state index in [1.54, 1.807) is 10.9 Å². The fourth-order valence-corrected chi connectivity index (χ4v) is 2.05. The van der Waals surface area contributed by atoms with Crippen molar-refractivity contribution in [3.8, 4) is 11.4 Å². The molecule has 0 bridgehead atoms. The van der Waals surface area contributed by atoms with Crippen molar-refractivity contribution in [2.45, 2.75) is 33.2 Å². The Morgan fingerprint density at radius 2 is 2.30 bits per heavy atom. The molecule has 0 radical (unpaired) electrons. The molecule has 0 aliphatic rings. The molecule has 0 amide bonds. The van der Waals surface area contributed by atoms with E-state index >= 15 is 0 Å². The zero-order valence-electron chi connectivity index (χ0n) is 11.5. The van der Waals surface area contributed by atoms with Crippen LogP contribution in [0, 0.1) is 12.8 Å². The normalized spacial score (nSPS) is 12.3. The number of aromatic nitrogens is 5. The number of rotatable bonds is 6. The van der Waals surface area contributed by atoms with Gasteiger partial charge in [0.2, 0.25) is 0 Å². The second-order valence-corrected chi connectivity index (χ2v) is 4.74. The van der Waals surface area contributed by atoms with E-state index in [1.807, 2.05) is 26.0 Å². The maximum absolute atomic E-state index is 10.8. The zero-order valence-corrected chi connectivity index (χ0v) is 11.5. The number of hydrogen-bond donors (Lipinski definition) is 1. The van der Waals surface area contributed by atoms with Crippen LogP contribution in [-0.4, -0.2) is 36.3 Å². The van der Waals surface area contributed by atoms with Gasteiger partial charge in [-0.3, -0.25) is 9.78 Å². The van der Waals surface area contributed by atoms with Crippen LogP contribution in [0.1, 0.15) is 25.5 Å². The van der Waals surface area contributed by atoms with Crippen LogP contribution in [0.3, 0.4) is 0 Å². The van der Waals surface area contributed by atoms with Crippen molar-refractivity contribution >= 4 is 5.97 Å². The highest BCUT2D eigenvalue weighted by Gasteiger charge is 2.16. The van der Waals surface area contributed by atoms with Crippen LogP contribution in [0.25, 0.3) is 11.4 Å². The summed E-state index contributed by atoms with van der Waals surface area (Å²) in [6.45, 7) is 4.36. The van der Waals surface area contributed by atoms with E-state index in [0.717, 1.165) is 17.7 Å². The Balaban J connectivity index is 2.22. The maximum Gasteiger partial charge on any atom is 0.303 e. The van der Waals surface area contributed by atoms with E-state index < -0.39 is 5.97 Å². The molecule has 1 unspecified atom stereocenters. The van der Waals surface area contributed by atoms with Crippen LogP contribution < -0.4 is 0 Å². The molecule has 0 fully saturated rings. The number of nitrogens with zero attached hydrogens (tertiary/aromatic N) is 5. The first-order valence-electron chi connectivity index (χ1n) is 6.51. The van der Waals surface area contributed by atoms with Gasteiger partial charge in [-0.25, -0.2) is 4.68 Å². The molecule has 0 aromatic carbocycles. The molecular formula is C13H17N5O2. The van der Waals surface area contributed by atoms with Gasteiger partial charge in [0.05, 0.1) is 0 Å². The Morgan fingerprint density at radius 3 is 2.95 bits per heavy atom. The Bertz CT molecular complexity index is 596. The van der Waals surface area contributed by atoms with Crippen LogP contribution in [-0.2, 0) is 11.3 Å². The van der Waals surface area contributed by atoms with E-state index in [9.17, 15) is 4.79 Å². The fraction of sp³-hybridized carbons (Fsp3) is 0.462. The minimum absolute atomic E-state index is 0.0117. The van der Waals surface area contributed by atoms with Crippen molar-refractivity contribution in [1.82, 2.24) is 25.2 Å². The lowest BCUT2D eigenvalue weighted by molar-refractivity contribution is -0.138. The highest BCUT2D eigenvalue weighted by molar-refractivity contribution is 5.67. The second kappa shape index (κ2) is 6.23. The number of aliphatic carboxylic acids is 1. The molecule has 7 nitrogen and oxygen atoms in total. The molecule has 2 heterocycles. The molecule has 106 valence electrons. The lowest BCUT2D eigenvalue weighted by Crippen LogP contribution is -2.16. The molecule has 2 rings (SSSR count). The average Bonchev–Trinajstić information content (AvgIpc) is 2.85. The van der Waals surface area contributed by atoms with Crippen LogP contribution in [0.5, 0.6) is 0 Å². The molecule has 20 heavy (non-hydrogen) atoms.